The molecule has 0 saturated carbocycles. The summed E-state index contributed by atoms with van der Waals surface area (Å²) in [5, 5.41) is 4.13. The van der Waals surface area contributed by atoms with Gasteiger partial charge in [-0.3, -0.25) is 0 Å². The van der Waals surface area contributed by atoms with Gasteiger partial charge in [0.25, 0.3) is 0 Å². The van der Waals surface area contributed by atoms with Crippen molar-refractivity contribution >= 4 is 11.6 Å². The van der Waals surface area contributed by atoms with Crippen LogP contribution in [0.25, 0.3) is 0 Å². The van der Waals surface area contributed by atoms with Crippen LogP contribution in [0.2, 0.25) is 5.02 Å². The van der Waals surface area contributed by atoms with Gasteiger partial charge in [0.15, 0.2) is 0 Å². The Labute approximate surface area is 158 Å². The maximum Gasteiger partial charge on any atom is 0.124 e. The molecule has 4 heteroatoms. The Morgan fingerprint density at radius 2 is 1.69 bits per heavy atom. The zero-order valence-corrected chi connectivity index (χ0v) is 15.2. The minimum Gasteiger partial charge on any atom is -0.489 e. The first kappa shape index (κ1) is 18.4. The van der Waals surface area contributed by atoms with Gasteiger partial charge < -0.3 is 10.1 Å². The van der Waals surface area contributed by atoms with Crippen molar-refractivity contribution in [3.63, 3.8) is 0 Å². The molecule has 0 atom stereocenters. The monoisotopic (exact) mass is 369 g/mol. The summed E-state index contributed by atoms with van der Waals surface area (Å²) in [7, 11) is 0. The van der Waals surface area contributed by atoms with Crippen molar-refractivity contribution in [3.8, 4) is 5.75 Å². The van der Waals surface area contributed by atoms with Crippen LogP contribution < -0.4 is 10.1 Å². The Balaban J connectivity index is 1.51. The maximum atomic E-state index is 12.9. The molecule has 0 spiro atoms. The summed E-state index contributed by atoms with van der Waals surface area (Å²) in [6, 6.07) is 22.3. The quantitative estimate of drug-likeness (QED) is 0.537. The SMILES string of the molecule is Fc1ccc(CCNCc2ccccc2OCc2cccc(Cl)c2)cc1. The molecule has 3 rings (SSSR count). The second-order valence-corrected chi connectivity index (χ2v) is 6.52. The van der Waals surface area contributed by atoms with Crippen LogP contribution in [0.15, 0.2) is 72.8 Å². The molecule has 134 valence electrons. The predicted octanol–water partition coefficient (Wildman–Crippen LogP) is 5.39. The topological polar surface area (TPSA) is 21.3 Å². The summed E-state index contributed by atoms with van der Waals surface area (Å²) in [5.74, 6) is 0.661. The summed E-state index contributed by atoms with van der Waals surface area (Å²) >= 11 is 6.02. The second kappa shape index (κ2) is 9.37. The predicted molar refractivity (Wildman–Crippen MR) is 104 cm³/mol. The number of hydrogen-bond acceptors (Lipinski definition) is 2. The minimum atomic E-state index is -0.201. The number of rotatable bonds is 8. The fourth-order valence-electron chi connectivity index (χ4n) is 2.69. The molecule has 0 saturated heterocycles. The van der Waals surface area contributed by atoms with Gasteiger partial charge in [-0.25, -0.2) is 4.39 Å². The first-order valence-electron chi connectivity index (χ1n) is 8.61. The highest BCUT2D eigenvalue weighted by Crippen LogP contribution is 2.20. The van der Waals surface area contributed by atoms with Gasteiger partial charge in [0.2, 0.25) is 0 Å². The van der Waals surface area contributed by atoms with Crippen molar-refractivity contribution in [1.29, 1.82) is 0 Å². The summed E-state index contributed by atoms with van der Waals surface area (Å²) in [6.07, 6.45) is 0.853. The van der Waals surface area contributed by atoms with Crippen molar-refractivity contribution in [3.05, 3.63) is 100 Å². The van der Waals surface area contributed by atoms with Crippen LogP contribution in [-0.2, 0) is 19.6 Å². The summed E-state index contributed by atoms with van der Waals surface area (Å²) in [5.41, 5.74) is 3.26. The molecule has 0 aliphatic heterocycles. The van der Waals surface area contributed by atoms with E-state index in [1.165, 1.54) is 12.1 Å². The molecule has 2 nitrogen and oxygen atoms in total. The van der Waals surface area contributed by atoms with E-state index in [4.69, 9.17) is 16.3 Å². The van der Waals surface area contributed by atoms with Crippen molar-refractivity contribution in [1.82, 2.24) is 5.32 Å². The Hall–Kier alpha value is -2.36. The van der Waals surface area contributed by atoms with Crippen LogP contribution in [0.4, 0.5) is 4.39 Å². The lowest BCUT2D eigenvalue weighted by Crippen LogP contribution is -2.17. The number of para-hydroxylation sites is 1. The zero-order valence-electron chi connectivity index (χ0n) is 14.4. The molecule has 0 aliphatic carbocycles. The molecule has 0 radical (unpaired) electrons. The van der Waals surface area contributed by atoms with Crippen LogP contribution in [0.5, 0.6) is 5.75 Å². The van der Waals surface area contributed by atoms with Gasteiger partial charge in [-0.2, -0.15) is 0 Å². The van der Waals surface area contributed by atoms with Crippen molar-refractivity contribution in [2.75, 3.05) is 6.54 Å². The average Bonchev–Trinajstić information content (AvgIpc) is 2.66. The Kier molecular flexibility index (Phi) is 6.64. The van der Waals surface area contributed by atoms with E-state index in [-0.39, 0.29) is 5.82 Å². The Morgan fingerprint density at radius 3 is 2.50 bits per heavy atom. The number of ether oxygens (including phenoxy) is 1. The first-order valence-corrected chi connectivity index (χ1v) is 8.99. The molecule has 0 heterocycles. The standard InChI is InChI=1S/C22H21ClFNO/c23-20-6-3-4-18(14-20)16-26-22-7-2-1-5-19(22)15-25-13-12-17-8-10-21(24)11-9-17/h1-11,14,25H,12-13,15-16H2. The molecule has 0 aliphatic rings. The van der Waals surface area contributed by atoms with E-state index in [0.29, 0.717) is 18.2 Å². The smallest absolute Gasteiger partial charge is 0.124 e. The summed E-state index contributed by atoms with van der Waals surface area (Å²) in [6.45, 7) is 2.01. The lowest BCUT2D eigenvalue weighted by molar-refractivity contribution is 0.302. The van der Waals surface area contributed by atoms with Crippen molar-refractivity contribution in [2.45, 2.75) is 19.6 Å². The largest absolute Gasteiger partial charge is 0.489 e. The fourth-order valence-corrected chi connectivity index (χ4v) is 2.90. The average molecular weight is 370 g/mol. The van der Waals surface area contributed by atoms with Crippen LogP contribution >= 0.6 is 11.6 Å². The van der Waals surface area contributed by atoms with Gasteiger partial charge in [0, 0.05) is 17.1 Å². The van der Waals surface area contributed by atoms with E-state index in [1.54, 1.807) is 0 Å². The van der Waals surface area contributed by atoms with Gasteiger partial charge in [-0.1, -0.05) is 54.1 Å². The van der Waals surface area contributed by atoms with Crippen molar-refractivity contribution < 1.29 is 9.13 Å². The third-order valence-corrected chi connectivity index (χ3v) is 4.31. The fraction of sp³-hybridized carbons (Fsp3) is 0.182. The highest BCUT2D eigenvalue weighted by molar-refractivity contribution is 6.30. The molecular weight excluding hydrogens is 349 g/mol. The van der Waals surface area contributed by atoms with Gasteiger partial charge in [-0.15, -0.1) is 0 Å². The second-order valence-electron chi connectivity index (χ2n) is 6.08. The van der Waals surface area contributed by atoms with Crippen LogP contribution in [0, 0.1) is 5.82 Å². The van der Waals surface area contributed by atoms with E-state index in [1.807, 2.05) is 54.6 Å². The van der Waals surface area contributed by atoms with E-state index in [9.17, 15) is 4.39 Å². The highest BCUT2D eigenvalue weighted by Gasteiger charge is 2.04. The Morgan fingerprint density at radius 1 is 0.885 bits per heavy atom. The van der Waals surface area contributed by atoms with Crippen molar-refractivity contribution in [2.24, 2.45) is 0 Å². The minimum absolute atomic E-state index is 0.201. The summed E-state index contributed by atoms with van der Waals surface area (Å²) in [4.78, 5) is 0. The molecule has 0 unspecified atom stereocenters. The molecular formula is C22H21ClFNO. The molecule has 0 aromatic heterocycles. The highest BCUT2D eigenvalue weighted by atomic mass is 35.5. The number of hydrogen-bond donors (Lipinski definition) is 1. The van der Waals surface area contributed by atoms with Crippen LogP contribution in [-0.4, -0.2) is 6.54 Å². The van der Waals surface area contributed by atoms with Gasteiger partial charge in [0.05, 0.1) is 0 Å². The molecule has 1 N–H and O–H groups in total. The number of nitrogens with one attached hydrogen (secondary N) is 1. The Bertz CT molecular complexity index is 836. The number of benzene rings is 3. The van der Waals surface area contributed by atoms with E-state index >= 15 is 0 Å². The molecule has 0 fully saturated rings. The molecule has 3 aromatic carbocycles. The normalized spacial score (nSPS) is 10.7. The maximum absolute atomic E-state index is 12.9. The molecule has 0 amide bonds. The van der Waals surface area contributed by atoms with E-state index < -0.39 is 0 Å². The number of halogens is 2. The lowest BCUT2D eigenvalue weighted by Gasteiger charge is -2.12. The lowest BCUT2D eigenvalue weighted by atomic mass is 10.1. The zero-order chi connectivity index (χ0) is 18.2. The third-order valence-electron chi connectivity index (χ3n) is 4.08. The third kappa shape index (κ3) is 5.58. The van der Waals surface area contributed by atoms with Gasteiger partial charge in [0.1, 0.15) is 18.2 Å². The molecule has 3 aromatic rings. The van der Waals surface area contributed by atoms with Gasteiger partial charge >= 0.3 is 0 Å². The first-order chi connectivity index (χ1) is 12.7. The summed E-state index contributed by atoms with van der Waals surface area (Å²) < 4.78 is 18.9. The molecule has 0 bridgehead atoms. The molecule has 26 heavy (non-hydrogen) atoms. The van der Waals surface area contributed by atoms with Crippen LogP contribution in [0.3, 0.4) is 0 Å². The van der Waals surface area contributed by atoms with E-state index in [2.05, 4.69) is 11.4 Å². The van der Waals surface area contributed by atoms with Gasteiger partial charge in [-0.05, 0) is 54.4 Å². The van der Waals surface area contributed by atoms with Crippen LogP contribution in [0.1, 0.15) is 16.7 Å². The van der Waals surface area contributed by atoms with E-state index in [0.717, 1.165) is 35.4 Å².